The van der Waals surface area contributed by atoms with Crippen molar-refractivity contribution in [1.82, 2.24) is 14.7 Å². The lowest BCUT2D eigenvalue weighted by Crippen LogP contribution is -2.44. The van der Waals surface area contributed by atoms with Crippen LogP contribution in [0.5, 0.6) is 0 Å². The Kier molecular flexibility index (Phi) is 18.9. The number of nitrogens with zero attached hydrogens (tertiary/aromatic N) is 5. The van der Waals surface area contributed by atoms with Gasteiger partial charge in [-0.05, 0) is 123 Å². The second-order valence-electron chi connectivity index (χ2n) is 18.6. The van der Waals surface area contributed by atoms with E-state index >= 15 is 0 Å². The third-order valence-electron chi connectivity index (χ3n) is 12.6. The van der Waals surface area contributed by atoms with Gasteiger partial charge in [-0.2, -0.15) is 18.3 Å². The van der Waals surface area contributed by atoms with Gasteiger partial charge in [0, 0.05) is 54.0 Å². The Hall–Kier alpha value is -7.86. The lowest BCUT2D eigenvalue weighted by molar-refractivity contribution is -0.384. The fraction of sp³-hybridized carbons (Fsp3) is 0.172. The van der Waals surface area contributed by atoms with Crippen molar-refractivity contribution >= 4 is 48.8 Å². The summed E-state index contributed by atoms with van der Waals surface area (Å²) >= 11 is 3.35. The molecule has 0 atom stereocenters. The van der Waals surface area contributed by atoms with Crippen molar-refractivity contribution in [3.05, 3.63) is 260 Å². The number of aromatic nitrogens is 2. The van der Waals surface area contributed by atoms with Gasteiger partial charge in [-0.1, -0.05) is 195 Å². The smallest absolute Gasteiger partial charge is 0.369 e. The van der Waals surface area contributed by atoms with E-state index in [-0.39, 0.29) is 5.69 Å². The van der Waals surface area contributed by atoms with E-state index in [4.69, 9.17) is 0 Å². The molecule has 0 bridgehead atoms. The molecule has 0 unspecified atom stereocenters. The highest BCUT2D eigenvalue weighted by Gasteiger charge is 2.35. The van der Waals surface area contributed by atoms with E-state index in [1.807, 2.05) is 91.9 Å². The van der Waals surface area contributed by atoms with Gasteiger partial charge in [0.1, 0.15) is 0 Å². The molecule has 1 fully saturated rings. The Morgan fingerprint density at radius 2 is 0.947 bits per heavy atom. The van der Waals surface area contributed by atoms with Crippen molar-refractivity contribution < 1.29 is 18.1 Å². The van der Waals surface area contributed by atoms with E-state index in [0.717, 1.165) is 69.5 Å². The highest BCUT2D eigenvalue weighted by molar-refractivity contribution is 9.10. The van der Waals surface area contributed by atoms with Gasteiger partial charge < -0.3 is 9.80 Å². The Labute approximate surface area is 446 Å². The molecule has 382 valence electrons. The van der Waals surface area contributed by atoms with E-state index in [0.29, 0.717) is 16.9 Å². The molecular weight excluding hydrogens is 1010 g/mol. The zero-order valence-electron chi connectivity index (χ0n) is 43.1. The Balaban J connectivity index is 0.000000169. The molecule has 1 aliphatic rings. The van der Waals surface area contributed by atoms with Crippen molar-refractivity contribution in [3.63, 3.8) is 0 Å². The number of hydrogen-bond acceptors (Lipinski definition) is 5. The summed E-state index contributed by atoms with van der Waals surface area (Å²) in [7, 11) is 2.10. The Morgan fingerprint density at radius 1 is 0.493 bits per heavy atom. The highest BCUT2D eigenvalue weighted by Crippen LogP contribution is 2.36. The molecule has 11 heteroatoms. The summed E-state index contributed by atoms with van der Waals surface area (Å²) in [4.78, 5) is 14.3. The monoisotopic (exact) mass is 1070 g/mol. The molecule has 75 heavy (non-hydrogen) atoms. The van der Waals surface area contributed by atoms with Crippen LogP contribution in [0.2, 0.25) is 0 Å². The van der Waals surface area contributed by atoms with E-state index in [1.165, 1.54) is 50.2 Å². The minimum Gasteiger partial charge on any atom is -0.369 e. The fourth-order valence-corrected chi connectivity index (χ4v) is 8.44. The van der Waals surface area contributed by atoms with Crippen molar-refractivity contribution in [3.8, 4) is 28.1 Å². The van der Waals surface area contributed by atoms with Crippen LogP contribution in [-0.4, -0.2) is 52.8 Å². The molecule has 0 spiro atoms. The number of fused-ring (bicyclic) bond motifs is 3. The minimum atomic E-state index is -4.53. The number of likely N-dealkylation sites (N-methyl/N-ethyl adjacent to an activating group) is 1. The molecule has 0 radical (unpaired) electrons. The lowest BCUT2D eigenvalue weighted by atomic mass is 9.99. The minimum absolute atomic E-state index is 0.144. The number of piperazine rings is 1. The summed E-state index contributed by atoms with van der Waals surface area (Å²) in [6.07, 6.45) is -4.53. The van der Waals surface area contributed by atoms with Crippen LogP contribution in [0, 0.1) is 44.7 Å². The number of aryl methyl sites for hydroxylation is 5. The zero-order chi connectivity index (χ0) is 53.5. The van der Waals surface area contributed by atoms with Crippen molar-refractivity contribution in [2.75, 3.05) is 38.1 Å². The second-order valence-corrected chi connectivity index (χ2v) is 19.5. The van der Waals surface area contributed by atoms with E-state index in [9.17, 15) is 23.3 Å². The van der Waals surface area contributed by atoms with Gasteiger partial charge in [-0.15, -0.1) is 0 Å². The van der Waals surface area contributed by atoms with Gasteiger partial charge in [-0.3, -0.25) is 10.1 Å². The molecule has 1 saturated heterocycles. The van der Waals surface area contributed by atoms with Crippen LogP contribution < -0.4 is 4.90 Å². The molecule has 7 nitrogen and oxygen atoms in total. The highest BCUT2D eigenvalue weighted by atomic mass is 79.9. The van der Waals surface area contributed by atoms with Crippen molar-refractivity contribution in [2.45, 2.75) is 40.8 Å². The zero-order valence-corrected chi connectivity index (χ0v) is 44.7. The van der Waals surface area contributed by atoms with Gasteiger partial charge in [-0.25, -0.2) is 4.68 Å². The molecule has 2 heterocycles. The van der Waals surface area contributed by atoms with Gasteiger partial charge in [0.05, 0.1) is 16.3 Å². The molecule has 1 aromatic heterocycles. The standard InChI is InChI=1S/C29H25F3N4.C13H12.C8H10.C7H7Br.C7H7NO2/c1-34-14-16-35(17-15-34)23-9-11-24(12-10-23)36-27(19-28(33-36)29(30,31)32)22-8-13-26-21(18-22)7-6-20-4-2-3-5-25(20)26;1-11-7-9-13(10-8-11)12-5-3-2-4-6-12;1-7-3-5-8(2)6-4-7;1-6-2-4-7(8)5-3-6;1-6-2-4-7(5-3-6)8(9)10/h2-13,18-19H,14-17H2,1H3;2-10H,1H3;3-6H,1-2H3;2-5H,1H3;2-5H,1H3. The number of anilines is 1. The average molecular weight is 1070 g/mol. The summed E-state index contributed by atoms with van der Waals surface area (Å²) in [6, 6.07) is 68.9. The van der Waals surface area contributed by atoms with Gasteiger partial charge in [0.2, 0.25) is 0 Å². The summed E-state index contributed by atoms with van der Waals surface area (Å²) in [5, 5.41) is 18.4. The van der Waals surface area contributed by atoms with Gasteiger partial charge in [0.25, 0.3) is 5.69 Å². The predicted octanol–water partition coefficient (Wildman–Crippen LogP) is 17.2. The first kappa shape index (κ1) is 54.9. The molecule has 0 N–H and O–H groups in total. The normalized spacial score (nSPS) is 12.2. The molecule has 9 aromatic carbocycles. The van der Waals surface area contributed by atoms with E-state index in [2.05, 4.69) is 163 Å². The van der Waals surface area contributed by atoms with Crippen LogP contribution in [0.1, 0.15) is 33.5 Å². The molecule has 1 aliphatic heterocycles. The Morgan fingerprint density at radius 3 is 1.49 bits per heavy atom. The number of hydrogen-bond donors (Lipinski definition) is 0. The first-order valence-electron chi connectivity index (χ1n) is 24.7. The van der Waals surface area contributed by atoms with Crippen LogP contribution in [-0.2, 0) is 6.18 Å². The largest absolute Gasteiger partial charge is 0.435 e. The number of nitro benzene ring substituents is 1. The molecule has 11 rings (SSSR count). The number of nitro groups is 1. The summed E-state index contributed by atoms with van der Waals surface area (Å²) in [5.41, 5.74) is 10.9. The quantitative estimate of drug-likeness (QED) is 0.0976. The summed E-state index contributed by atoms with van der Waals surface area (Å²) in [5.74, 6) is 0. The summed E-state index contributed by atoms with van der Waals surface area (Å²) in [6.45, 7) is 14.1. The summed E-state index contributed by atoms with van der Waals surface area (Å²) < 4.78 is 43.6. The molecule has 0 amide bonds. The average Bonchev–Trinajstić information content (AvgIpc) is 3.89. The SMILES string of the molecule is CN1CCN(c2ccc(-n3nc(C(F)(F)F)cc3-c3ccc4c(ccc5ccccc54)c3)cc2)CC1.Cc1ccc(-c2ccccc2)cc1.Cc1ccc(Br)cc1.Cc1ccc(C)cc1.Cc1ccc([N+](=O)[O-])cc1. The molecule has 0 saturated carbocycles. The number of benzene rings is 9. The molecule has 0 aliphatic carbocycles. The topological polar surface area (TPSA) is 67.4 Å². The predicted molar refractivity (Wildman–Crippen MR) is 308 cm³/mol. The Bertz CT molecular complexity index is 3310. The fourth-order valence-electron chi connectivity index (χ4n) is 8.18. The second kappa shape index (κ2) is 25.9. The van der Waals surface area contributed by atoms with Crippen LogP contribution in [0.15, 0.2) is 217 Å². The maximum Gasteiger partial charge on any atom is 0.435 e. The maximum absolute atomic E-state index is 13.7. The number of non-ortho nitro benzene ring substituents is 1. The van der Waals surface area contributed by atoms with E-state index < -0.39 is 16.8 Å². The third-order valence-corrected chi connectivity index (χ3v) is 13.2. The van der Waals surface area contributed by atoms with Gasteiger partial charge in [0.15, 0.2) is 5.69 Å². The van der Waals surface area contributed by atoms with Crippen molar-refractivity contribution in [1.29, 1.82) is 0 Å². The third kappa shape index (κ3) is 15.8. The lowest BCUT2D eigenvalue weighted by Gasteiger charge is -2.34. The first-order valence-corrected chi connectivity index (χ1v) is 25.5. The molecule has 10 aromatic rings. The van der Waals surface area contributed by atoms with Crippen LogP contribution in [0.3, 0.4) is 0 Å². The van der Waals surface area contributed by atoms with Gasteiger partial charge >= 0.3 is 6.18 Å². The van der Waals surface area contributed by atoms with Crippen LogP contribution in [0.25, 0.3) is 49.6 Å². The number of alkyl halides is 3. The number of rotatable bonds is 5. The van der Waals surface area contributed by atoms with Crippen LogP contribution >= 0.6 is 15.9 Å². The molecular formula is C64H61BrF3N5O2. The van der Waals surface area contributed by atoms with E-state index in [1.54, 1.807) is 12.1 Å². The van der Waals surface area contributed by atoms with Crippen molar-refractivity contribution in [2.24, 2.45) is 0 Å². The van der Waals surface area contributed by atoms with Crippen LogP contribution in [0.4, 0.5) is 24.5 Å². The number of halogens is 4. The first-order chi connectivity index (χ1) is 36.0. The maximum atomic E-state index is 13.7.